The van der Waals surface area contributed by atoms with Gasteiger partial charge in [0.1, 0.15) is 17.5 Å². The number of thiazole rings is 1. The van der Waals surface area contributed by atoms with Crippen LogP contribution < -0.4 is 19.6 Å². The van der Waals surface area contributed by atoms with Gasteiger partial charge in [-0.15, -0.1) is 0 Å². The maximum Gasteiger partial charge on any atom is 0.338 e. The summed E-state index contributed by atoms with van der Waals surface area (Å²) >= 11 is 5.45. The number of allylic oxidation sites excluding steroid dienone is 1. The summed E-state index contributed by atoms with van der Waals surface area (Å²) in [7, 11) is 1.57. The Morgan fingerprint density at radius 2 is 1.97 bits per heavy atom. The van der Waals surface area contributed by atoms with Crippen LogP contribution in [-0.4, -0.2) is 29.4 Å². The van der Waals surface area contributed by atoms with Crippen LogP contribution in [0.2, 0.25) is 0 Å². The maximum absolute atomic E-state index is 14.0. The molecule has 1 aliphatic rings. The lowest BCUT2D eigenvalue weighted by atomic mass is 9.90. The van der Waals surface area contributed by atoms with E-state index in [-0.39, 0.29) is 23.5 Å². The van der Waals surface area contributed by atoms with E-state index in [4.69, 9.17) is 9.47 Å². The number of fused-ring (bicyclic) bond motifs is 2. The number of hydrogen-bond donors (Lipinski definition) is 1. The molecule has 1 aromatic heterocycles. The third-order valence-corrected chi connectivity index (χ3v) is 8.71. The number of aromatic nitrogens is 1. The van der Waals surface area contributed by atoms with E-state index >= 15 is 0 Å². The molecule has 1 atom stereocenters. The highest BCUT2D eigenvalue weighted by Crippen LogP contribution is 2.40. The summed E-state index contributed by atoms with van der Waals surface area (Å²) in [6.07, 6.45) is 1.67. The van der Waals surface area contributed by atoms with Crippen molar-refractivity contribution in [3.63, 3.8) is 0 Å². The van der Waals surface area contributed by atoms with Crippen LogP contribution in [0.4, 0.5) is 0 Å². The average molecular weight is 752 g/mol. The number of esters is 1. The number of carbonyl (C=O) groups is 1. The normalized spacial score (nSPS) is 15.4. The number of rotatable bonds is 5. The van der Waals surface area contributed by atoms with Crippen molar-refractivity contribution >= 4 is 79.3 Å². The van der Waals surface area contributed by atoms with Gasteiger partial charge in [0, 0.05) is 14.7 Å². The Bertz CT molecular complexity index is 1820. The molecular weight excluding hydrogens is 730 g/mol. The summed E-state index contributed by atoms with van der Waals surface area (Å²) in [4.78, 5) is 32.5. The van der Waals surface area contributed by atoms with Crippen molar-refractivity contribution in [1.29, 1.82) is 0 Å². The van der Waals surface area contributed by atoms with Gasteiger partial charge in [-0.25, -0.2) is 9.79 Å². The number of ether oxygens (including phenoxy) is 2. The number of benzene rings is 3. The summed E-state index contributed by atoms with van der Waals surface area (Å²) in [5.74, 6) is 0.116. The Labute approximate surface area is 249 Å². The Hall–Kier alpha value is -2.71. The molecule has 0 aliphatic carbocycles. The molecule has 38 heavy (non-hydrogen) atoms. The number of phenols is 1. The molecule has 0 saturated carbocycles. The van der Waals surface area contributed by atoms with E-state index in [1.54, 1.807) is 27.0 Å². The third kappa shape index (κ3) is 4.66. The summed E-state index contributed by atoms with van der Waals surface area (Å²) in [6.45, 7) is 3.68. The van der Waals surface area contributed by atoms with Gasteiger partial charge in [0.2, 0.25) is 0 Å². The van der Waals surface area contributed by atoms with Crippen LogP contribution in [0.1, 0.15) is 31.0 Å². The molecule has 7 nitrogen and oxygen atoms in total. The van der Waals surface area contributed by atoms with Crippen molar-refractivity contribution in [2.75, 3.05) is 13.7 Å². The summed E-state index contributed by atoms with van der Waals surface area (Å²) in [6, 6.07) is 14.4. The van der Waals surface area contributed by atoms with Crippen LogP contribution in [0.15, 0.2) is 69.6 Å². The van der Waals surface area contributed by atoms with Crippen LogP contribution in [0.5, 0.6) is 11.5 Å². The molecule has 10 heteroatoms. The van der Waals surface area contributed by atoms with Gasteiger partial charge < -0.3 is 14.6 Å². The molecule has 0 bridgehead atoms. The highest BCUT2D eigenvalue weighted by Gasteiger charge is 2.36. The van der Waals surface area contributed by atoms with Crippen LogP contribution in [0.3, 0.4) is 0 Å². The lowest BCUT2D eigenvalue weighted by Crippen LogP contribution is -2.40. The summed E-state index contributed by atoms with van der Waals surface area (Å²) < 4.78 is 14.8. The quantitative estimate of drug-likeness (QED) is 0.232. The van der Waals surface area contributed by atoms with Crippen molar-refractivity contribution in [2.24, 2.45) is 4.99 Å². The second-order valence-corrected chi connectivity index (χ2v) is 11.9. The largest absolute Gasteiger partial charge is 0.506 e. The molecule has 2 heterocycles. The third-order valence-electron chi connectivity index (χ3n) is 6.29. The molecule has 0 amide bonds. The molecule has 0 saturated heterocycles. The molecule has 194 valence electrons. The zero-order valence-electron chi connectivity index (χ0n) is 20.6. The molecule has 0 fully saturated rings. The van der Waals surface area contributed by atoms with Gasteiger partial charge >= 0.3 is 5.97 Å². The van der Waals surface area contributed by atoms with Gasteiger partial charge in [-0.1, -0.05) is 41.7 Å². The minimum atomic E-state index is -0.821. The Kier molecular flexibility index (Phi) is 7.65. The standard InChI is InChI=1S/C28H22I2N2O5S/c1-4-37-27(35)22-14(2)31-28-32(24(22)23-18-8-6-5-7-15(18)9-10-20(23)36-3)26(34)21(38-28)12-16-11-17(29)13-19(30)25(16)33/h5-13,24,33H,4H2,1-3H3/b21-12-/t24-/m1/s1. The van der Waals surface area contributed by atoms with Gasteiger partial charge in [-0.2, -0.15) is 0 Å². The molecule has 5 rings (SSSR count). The number of aromatic hydroxyl groups is 1. The van der Waals surface area contributed by atoms with E-state index in [9.17, 15) is 14.7 Å². The van der Waals surface area contributed by atoms with Crippen LogP contribution in [-0.2, 0) is 9.53 Å². The number of phenolic OH excluding ortho intramolecular Hbond substituents is 1. The predicted molar refractivity (Wildman–Crippen MR) is 164 cm³/mol. The van der Waals surface area contributed by atoms with E-state index in [0.717, 1.165) is 14.3 Å². The molecular formula is C28H22I2N2O5S. The van der Waals surface area contributed by atoms with Gasteiger partial charge in [-0.3, -0.25) is 9.36 Å². The van der Waals surface area contributed by atoms with Crippen molar-refractivity contribution in [1.82, 2.24) is 4.57 Å². The SMILES string of the molecule is CCOC(=O)C1=C(C)N=c2s/c(=C\c3cc(I)cc(I)c3O)c(=O)n2[C@H]1c1c(OC)ccc2ccccc12. The first-order chi connectivity index (χ1) is 18.2. The Morgan fingerprint density at radius 1 is 1.21 bits per heavy atom. The van der Waals surface area contributed by atoms with Gasteiger partial charge in [0.25, 0.3) is 5.56 Å². The van der Waals surface area contributed by atoms with Crippen molar-refractivity contribution in [3.8, 4) is 11.5 Å². The van der Waals surface area contributed by atoms with Gasteiger partial charge in [0.05, 0.1) is 33.1 Å². The zero-order chi connectivity index (χ0) is 27.1. The fourth-order valence-electron chi connectivity index (χ4n) is 4.64. The van der Waals surface area contributed by atoms with Crippen molar-refractivity contribution in [2.45, 2.75) is 19.9 Å². The topological polar surface area (TPSA) is 90.1 Å². The minimum Gasteiger partial charge on any atom is -0.506 e. The molecule has 1 N–H and O–H groups in total. The smallest absolute Gasteiger partial charge is 0.338 e. The van der Waals surface area contributed by atoms with Crippen LogP contribution in [0.25, 0.3) is 16.8 Å². The van der Waals surface area contributed by atoms with Crippen molar-refractivity contribution < 1.29 is 19.4 Å². The molecule has 1 aliphatic heterocycles. The summed E-state index contributed by atoms with van der Waals surface area (Å²) in [5, 5.41) is 12.5. The van der Waals surface area contributed by atoms with E-state index in [2.05, 4.69) is 50.2 Å². The number of nitrogens with zero attached hydrogens (tertiary/aromatic N) is 2. The van der Waals surface area contributed by atoms with Crippen LogP contribution >= 0.6 is 56.5 Å². The van der Waals surface area contributed by atoms with E-state index in [0.29, 0.717) is 35.5 Å². The first kappa shape index (κ1) is 26.9. The first-order valence-corrected chi connectivity index (χ1v) is 14.7. The first-order valence-electron chi connectivity index (χ1n) is 11.7. The summed E-state index contributed by atoms with van der Waals surface area (Å²) in [5.41, 5.74) is 1.65. The van der Waals surface area contributed by atoms with E-state index in [1.165, 1.54) is 15.9 Å². The highest BCUT2D eigenvalue weighted by molar-refractivity contribution is 14.1. The molecule has 3 aromatic carbocycles. The number of methoxy groups -OCH3 is 1. The lowest BCUT2D eigenvalue weighted by Gasteiger charge is -2.27. The lowest BCUT2D eigenvalue weighted by molar-refractivity contribution is -0.139. The number of halogens is 2. The highest BCUT2D eigenvalue weighted by atomic mass is 127. The van der Waals surface area contributed by atoms with E-state index < -0.39 is 12.0 Å². The maximum atomic E-state index is 14.0. The molecule has 0 spiro atoms. The van der Waals surface area contributed by atoms with Crippen molar-refractivity contribution in [3.05, 3.63) is 97.8 Å². The van der Waals surface area contributed by atoms with Gasteiger partial charge in [-0.05, 0) is 94.1 Å². The minimum absolute atomic E-state index is 0.104. The Morgan fingerprint density at radius 3 is 2.71 bits per heavy atom. The van der Waals surface area contributed by atoms with Gasteiger partial charge in [0.15, 0.2) is 4.80 Å². The average Bonchev–Trinajstić information content (AvgIpc) is 3.19. The number of carbonyl (C=O) groups excluding carboxylic acids is 1. The molecule has 0 radical (unpaired) electrons. The fraction of sp³-hybridized carbons (Fsp3) is 0.179. The monoisotopic (exact) mass is 752 g/mol. The van der Waals surface area contributed by atoms with E-state index in [1.807, 2.05) is 48.5 Å². The second-order valence-electron chi connectivity index (χ2n) is 8.53. The fourth-order valence-corrected chi connectivity index (χ4v) is 7.56. The molecule has 0 unspecified atom stereocenters. The number of hydrogen-bond acceptors (Lipinski definition) is 7. The predicted octanol–water partition coefficient (Wildman–Crippen LogP) is 4.87. The Balaban J connectivity index is 1.86. The zero-order valence-corrected chi connectivity index (χ0v) is 25.8. The molecule has 4 aromatic rings. The van der Waals surface area contributed by atoms with Crippen LogP contribution in [0, 0.1) is 7.14 Å². The second kappa shape index (κ2) is 10.8.